The molecule has 19 heavy (non-hydrogen) atoms. The molecule has 0 aliphatic heterocycles. The van der Waals surface area contributed by atoms with Crippen molar-refractivity contribution < 1.29 is 9.53 Å². The molecule has 0 fully saturated rings. The molecule has 0 radical (unpaired) electrons. The normalized spacial score (nSPS) is 10.3. The molecule has 0 aliphatic rings. The van der Waals surface area contributed by atoms with Crippen molar-refractivity contribution in [2.75, 3.05) is 0 Å². The van der Waals surface area contributed by atoms with E-state index in [-0.39, 0.29) is 5.78 Å². The molecule has 2 aromatic carbocycles. The first-order chi connectivity index (χ1) is 9.06. The number of hydrogen-bond acceptors (Lipinski definition) is 2. The summed E-state index contributed by atoms with van der Waals surface area (Å²) in [5.41, 5.74) is 4.09. The summed E-state index contributed by atoms with van der Waals surface area (Å²) in [5.74, 6) is 0.902. The number of rotatable bonds is 4. The zero-order valence-electron chi connectivity index (χ0n) is 11.6. The number of hydrogen-bond donors (Lipinski definition) is 0. The van der Waals surface area contributed by atoms with Gasteiger partial charge in [-0.2, -0.15) is 0 Å². The average Bonchev–Trinajstić information content (AvgIpc) is 2.39. The molecule has 2 rings (SSSR count). The summed E-state index contributed by atoms with van der Waals surface area (Å²) >= 11 is 0. The highest BCUT2D eigenvalue weighted by Gasteiger charge is 2.04. The lowest BCUT2D eigenvalue weighted by molar-refractivity contribution is 0.101. The average molecular weight is 254 g/mol. The van der Waals surface area contributed by atoms with Crippen molar-refractivity contribution in [1.82, 2.24) is 0 Å². The van der Waals surface area contributed by atoms with Crippen LogP contribution in [0.3, 0.4) is 0 Å². The highest BCUT2D eigenvalue weighted by molar-refractivity contribution is 5.94. The first-order valence-electron chi connectivity index (χ1n) is 6.36. The molecule has 0 amide bonds. The van der Waals surface area contributed by atoms with Gasteiger partial charge in [-0.05, 0) is 50.1 Å². The van der Waals surface area contributed by atoms with Crippen molar-refractivity contribution in [1.29, 1.82) is 0 Å². The summed E-state index contributed by atoms with van der Waals surface area (Å²) < 4.78 is 5.79. The Balaban J connectivity index is 2.07. The third-order valence-electron chi connectivity index (χ3n) is 3.10. The number of ketones is 1. The molecule has 0 unspecified atom stereocenters. The van der Waals surface area contributed by atoms with Crippen molar-refractivity contribution in [3.05, 3.63) is 64.7 Å². The molecule has 2 nitrogen and oxygen atoms in total. The minimum atomic E-state index is 0.0770. The van der Waals surface area contributed by atoms with Gasteiger partial charge < -0.3 is 4.74 Å². The molecular weight excluding hydrogens is 236 g/mol. The van der Waals surface area contributed by atoms with E-state index in [1.54, 1.807) is 13.0 Å². The maximum atomic E-state index is 11.3. The molecule has 0 aliphatic carbocycles. The van der Waals surface area contributed by atoms with Gasteiger partial charge in [-0.15, -0.1) is 0 Å². The summed E-state index contributed by atoms with van der Waals surface area (Å²) in [7, 11) is 0. The molecule has 0 aromatic heterocycles. The minimum absolute atomic E-state index is 0.0770. The van der Waals surface area contributed by atoms with Gasteiger partial charge in [-0.25, -0.2) is 0 Å². The Morgan fingerprint density at radius 3 is 2.32 bits per heavy atom. The first kappa shape index (κ1) is 13.3. The van der Waals surface area contributed by atoms with E-state index < -0.39 is 0 Å². The topological polar surface area (TPSA) is 26.3 Å². The second kappa shape index (κ2) is 5.70. The van der Waals surface area contributed by atoms with E-state index in [0.717, 1.165) is 22.4 Å². The number of ether oxygens (including phenoxy) is 1. The predicted molar refractivity (Wildman–Crippen MR) is 76.7 cm³/mol. The standard InChI is InChI=1S/C17H18O2/c1-12-4-6-15(7-5-12)11-19-17-9-8-16(14(3)18)10-13(17)2/h4-10H,11H2,1-3H3. The van der Waals surface area contributed by atoms with Gasteiger partial charge in [0.1, 0.15) is 12.4 Å². The van der Waals surface area contributed by atoms with Gasteiger partial charge in [0.25, 0.3) is 0 Å². The van der Waals surface area contributed by atoms with Gasteiger partial charge in [0.05, 0.1) is 0 Å². The molecule has 0 saturated heterocycles. The fourth-order valence-corrected chi connectivity index (χ4v) is 1.88. The van der Waals surface area contributed by atoms with Crippen LogP contribution >= 0.6 is 0 Å². The van der Waals surface area contributed by atoms with Gasteiger partial charge >= 0.3 is 0 Å². The minimum Gasteiger partial charge on any atom is -0.489 e. The SMILES string of the molecule is CC(=O)c1ccc(OCc2ccc(C)cc2)c(C)c1. The first-order valence-corrected chi connectivity index (χ1v) is 6.36. The molecule has 2 aromatic rings. The van der Waals surface area contributed by atoms with Crippen molar-refractivity contribution in [2.24, 2.45) is 0 Å². The highest BCUT2D eigenvalue weighted by Crippen LogP contribution is 2.20. The quantitative estimate of drug-likeness (QED) is 0.768. The molecule has 0 saturated carbocycles. The number of Topliss-reactive ketones (excluding diaryl/α,β-unsaturated/α-hetero) is 1. The second-order valence-corrected chi connectivity index (χ2v) is 4.81. The Hall–Kier alpha value is -2.09. The zero-order chi connectivity index (χ0) is 13.8. The molecule has 0 bridgehead atoms. The Kier molecular flexibility index (Phi) is 4.00. The van der Waals surface area contributed by atoms with E-state index >= 15 is 0 Å². The van der Waals surface area contributed by atoms with Crippen LogP contribution in [0.2, 0.25) is 0 Å². The van der Waals surface area contributed by atoms with Crippen LogP contribution in [0.4, 0.5) is 0 Å². The predicted octanol–water partition coefficient (Wildman–Crippen LogP) is 4.09. The van der Waals surface area contributed by atoms with Gasteiger partial charge in [-0.1, -0.05) is 29.8 Å². The summed E-state index contributed by atoms with van der Waals surface area (Å²) in [4.78, 5) is 11.3. The van der Waals surface area contributed by atoms with E-state index in [1.165, 1.54) is 5.56 Å². The Labute approximate surface area is 114 Å². The lowest BCUT2D eigenvalue weighted by Crippen LogP contribution is -1.99. The van der Waals surface area contributed by atoms with Gasteiger partial charge in [0, 0.05) is 5.56 Å². The summed E-state index contributed by atoms with van der Waals surface area (Å²) in [6.07, 6.45) is 0. The van der Waals surface area contributed by atoms with Crippen molar-refractivity contribution in [3.8, 4) is 5.75 Å². The van der Waals surface area contributed by atoms with Crippen LogP contribution in [-0.2, 0) is 6.61 Å². The Morgan fingerprint density at radius 2 is 1.74 bits per heavy atom. The maximum Gasteiger partial charge on any atom is 0.159 e. The van der Waals surface area contributed by atoms with E-state index in [2.05, 4.69) is 31.2 Å². The summed E-state index contributed by atoms with van der Waals surface area (Å²) in [5, 5.41) is 0. The fraction of sp³-hybridized carbons (Fsp3) is 0.235. The van der Waals surface area contributed by atoms with Gasteiger partial charge in [0.2, 0.25) is 0 Å². The van der Waals surface area contributed by atoms with Crippen LogP contribution in [0.5, 0.6) is 5.75 Å². The lowest BCUT2D eigenvalue weighted by atomic mass is 10.1. The molecule has 2 heteroatoms. The molecule has 0 atom stereocenters. The van der Waals surface area contributed by atoms with Crippen LogP contribution in [-0.4, -0.2) is 5.78 Å². The third-order valence-corrected chi connectivity index (χ3v) is 3.10. The van der Waals surface area contributed by atoms with Crippen LogP contribution in [0.15, 0.2) is 42.5 Å². The molecule has 0 heterocycles. The Morgan fingerprint density at radius 1 is 1.05 bits per heavy atom. The van der Waals surface area contributed by atoms with Gasteiger partial charge in [-0.3, -0.25) is 4.79 Å². The zero-order valence-corrected chi connectivity index (χ0v) is 11.6. The van der Waals surface area contributed by atoms with Crippen LogP contribution in [0.1, 0.15) is 34.0 Å². The monoisotopic (exact) mass is 254 g/mol. The number of aryl methyl sites for hydroxylation is 2. The van der Waals surface area contributed by atoms with Gasteiger partial charge in [0.15, 0.2) is 5.78 Å². The summed E-state index contributed by atoms with van der Waals surface area (Å²) in [6.45, 7) is 6.13. The second-order valence-electron chi connectivity index (χ2n) is 4.81. The Bertz CT molecular complexity index is 583. The van der Waals surface area contributed by atoms with E-state index in [4.69, 9.17) is 4.74 Å². The van der Waals surface area contributed by atoms with Crippen molar-refractivity contribution >= 4 is 5.78 Å². The van der Waals surface area contributed by atoms with Crippen molar-refractivity contribution in [2.45, 2.75) is 27.4 Å². The van der Waals surface area contributed by atoms with Crippen LogP contribution < -0.4 is 4.74 Å². The molecule has 0 N–H and O–H groups in total. The third kappa shape index (κ3) is 3.44. The van der Waals surface area contributed by atoms with E-state index in [9.17, 15) is 4.79 Å². The molecule has 98 valence electrons. The smallest absolute Gasteiger partial charge is 0.159 e. The maximum absolute atomic E-state index is 11.3. The molecular formula is C17H18O2. The number of carbonyl (C=O) groups is 1. The van der Waals surface area contributed by atoms with E-state index in [0.29, 0.717) is 6.61 Å². The highest BCUT2D eigenvalue weighted by atomic mass is 16.5. The largest absolute Gasteiger partial charge is 0.489 e. The fourth-order valence-electron chi connectivity index (χ4n) is 1.88. The van der Waals surface area contributed by atoms with Crippen LogP contribution in [0, 0.1) is 13.8 Å². The van der Waals surface area contributed by atoms with Crippen molar-refractivity contribution in [3.63, 3.8) is 0 Å². The lowest BCUT2D eigenvalue weighted by Gasteiger charge is -2.10. The van der Waals surface area contributed by atoms with Crippen LogP contribution in [0.25, 0.3) is 0 Å². The number of carbonyl (C=O) groups excluding carboxylic acids is 1. The number of benzene rings is 2. The van der Waals surface area contributed by atoms with E-state index in [1.807, 2.05) is 19.1 Å². The summed E-state index contributed by atoms with van der Waals surface area (Å²) in [6, 6.07) is 13.8. The molecule has 0 spiro atoms.